The molecule has 0 saturated heterocycles. The lowest BCUT2D eigenvalue weighted by Crippen LogP contribution is -2.14. The standard InChI is InChI=1S/C18H20FNO2S/c1-2-12-8-16(13-4-3-5-15(20)9-13)17-10-14(19)6-7-18(17)23(21,22)11-12/h3-7,9-10,12,16H,2,8,11,20H2,1H3/t12-,16+/m0/s1. The predicted molar refractivity (Wildman–Crippen MR) is 89.5 cm³/mol. The molecule has 0 saturated carbocycles. The van der Waals surface area contributed by atoms with Crippen molar-refractivity contribution in [2.24, 2.45) is 5.92 Å². The Balaban J connectivity index is 2.23. The van der Waals surface area contributed by atoms with Gasteiger partial charge in [0.15, 0.2) is 9.84 Å². The summed E-state index contributed by atoms with van der Waals surface area (Å²) in [6.07, 6.45) is 1.45. The molecule has 0 fully saturated rings. The van der Waals surface area contributed by atoms with Crippen LogP contribution in [0.4, 0.5) is 10.1 Å². The molecular weight excluding hydrogens is 313 g/mol. The van der Waals surface area contributed by atoms with Gasteiger partial charge >= 0.3 is 0 Å². The van der Waals surface area contributed by atoms with Crippen LogP contribution in [0.3, 0.4) is 0 Å². The van der Waals surface area contributed by atoms with Crippen LogP contribution >= 0.6 is 0 Å². The van der Waals surface area contributed by atoms with Crippen LogP contribution in [0.2, 0.25) is 0 Å². The van der Waals surface area contributed by atoms with Gasteiger partial charge in [-0.05, 0) is 53.8 Å². The van der Waals surface area contributed by atoms with Gasteiger partial charge in [0.25, 0.3) is 0 Å². The van der Waals surface area contributed by atoms with Gasteiger partial charge in [-0.2, -0.15) is 0 Å². The van der Waals surface area contributed by atoms with Gasteiger partial charge in [0, 0.05) is 11.6 Å². The average molecular weight is 333 g/mol. The number of sulfone groups is 1. The smallest absolute Gasteiger partial charge is 0.178 e. The Hall–Kier alpha value is -1.88. The maximum absolute atomic E-state index is 13.8. The molecule has 5 heteroatoms. The van der Waals surface area contributed by atoms with E-state index in [1.54, 1.807) is 6.07 Å². The quantitative estimate of drug-likeness (QED) is 0.673. The van der Waals surface area contributed by atoms with Crippen molar-refractivity contribution in [2.75, 3.05) is 11.5 Å². The normalized spacial score (nSPS) is 23.0. The summed E-state index contributed by atoms with van der Waals surface area (Å²) in [6.45, 7) is 1.99. The summed E-state index contributed by atoms with van der Waals surface area (Å²) in [5.74, 6) is -0.419. The second kappa shape index (κ2) is 5.96. The molecule has 2 aromatic carbocycles. The number of hydrogen-bond acceptors (Lipinski definition) is 3. The third-order valence-corrected chi connectivity index (χ3v) is 6.55. The number of nitrogens with two attached hydrogens (primary N) is 1. The van der Waals surface area contributed by atoms with E-state index in [1.165, 1.54) is 18.2 Å². The molecular formula is C18H20FNO2S. The Morgan fingerprint density at radius 3 is 2.70 bits per heavy atom. The van der Waals surface area contributed by atoms with E-state index in [4.69, 9.17) is 5.73 Å². The molecule has 3 nitrogen and oxygen atoms in total. The zero-order valence-corrected chi connectivity index (χ0v) is 13.8. The zero-order valence-electron chi connectivity index (χ0n) is 13.0. The number of fused-ring (bicyclic) bond motifs is 1. The number of hydrogen-bond donors (Lipinski definition) is 1. The SMILES string of the molecule is CC[C@H]1C[C@H](c2cccc(N)c2)c2cc(F)ccc2S(=O)(=O)C1. The van der Waals surface area contributed by atoms with Gasteiger partial charge in [-0.3, -0.25) is 0 Å². The number of nitrogen functional groups attached to an aromatic ring is 1. The van der Waals surface area contributed by atoms with Gasteiger partial charge in [-0.15, -0.1) is 0 Å². The topological polar surface area (TPSA) is 60.2 Å². The summed E-state index contributed by atoms with van der Waals surface area (Å²) in [5.41, 5.74) is 7.99. The third kappa shape index (κ3) is 3.11. The van der Waals surface area contributed by atoms with Crippen molar-refractivity contribution in [3.63, 3.8) is 0 Å². The van der Waals surface area contributed by atoms with Gasteiger partial charge < -0.3 is 5.73 Å². The molecule has 1 aliphatic heterocycles. The summed E-state index contributed by atoms with van der Waals surface area (Å²) >= 11 is 0. The molecule has 1 aliphatic rings. The molecule has 1 heterocycles. The molecule has 0 radical (unpaired) electrons. The summed E-state index contributed by atoms with van der Waals surface area (Å²) in [4.78, 5) is 0.252. The Bertz CT molecular complexity index is 833. The molecule has 0 aromatic heterocycles. The van der Waals surface area contributed by atoms with Gasteiger partial charge in [0.05, 0.1) is 10.6 Å². The van der Waals surface area contributed by atoms with Crippen LogP contribution in [0.25, 0.3) is 0 Å². The lowest BCUT2D eigenvalue weighted by molar-refractivity contribution is 0.485. The lowest BCUT2D eigenvalue weighted by atomic mass is 9.83. The maximum Gasteiger partial charge on any atom is 0.178 e. The molecule has 0 unspecified atom stereocenters. The highest BCUT2D eigenvalue weighted by Crippen LogP contribution is 2.40. The van der Waals surface area contributed by atoms with Crippen LogP contribution in [0.1, 0.15) is 36.8 Å². The molecule has 23 heavy (non-hydrogen) atoms. The maximum atomic E-state index is 13.8. The molecule has 2 N–H and O–H groups in total. The minimum absolute atomic E-state index is 0.0434. The fraction of sp³-hybridized carbons (Fsp3) is 0.333. The second-order valence-corrected chi connectivity index (χ2v) is 8.20. The first-order valence-corrected chi connectivity index (χ1v) is 9.43. The Labute approximate surface area is 136 Å². The first-order valence-electron chi connectivity index (χ1n) is 7.78. The van der Waals surface area contributed by atoms with Crippen molar-refractivity contribution < 1.29 is 12.8 Å². The fourth-order valence-corrected chi connectivity index (χ4v) is 5.39. The third-order valence-electron chi connectivity index (χ3n) is 4.60. The highest BCUT2D eigenvalue weighted by Gasteiger charge is 2.33. The summed E-state index contributed by atoms with van der Waals surface area (Å²) < 4.78 is 39.1. The fourth-order valence-electron chi connectivity index (χ4n) is 3.38. The number of anilines is 1. The van der Waals surface area contributed by atoms with Gasteiger partial charge in [-0.1, -0.05) is 25.5 Å². The van der Waals surface area contributed by atoms with E-state index in [0.717, 1.165) is 12.0 Å². The molecule has 0 amide bonds. The lowest BCUT2D eigenvalue weighted by Gasteiger charge is -2.20. The van der Waals surface area contributed by atoms with Crippen molar-refractivity contribution >= 4 is 15.5 Å². The monoisotopic (exact) mass is 333 g/mol. The highest BCUT2D eigenvalue weighted by atomic mass is 32.2. The Morgan fingerprint density at radius 1 is 1.22 bits per heavy atom. The largest absolute Gasteiger partial charge is 0.399 e. The summed E-state index contributed by atoms with van der Waals surface area (Å²) in [5, 5.41) is 0. The van der Waals surface area contributed by atoms with Crippen LogP contribution < -0.4 is 5.73 Å². The van der Waals surface area contributed by atoms with Crippen LogP contribution in [-0.2, 0) is 9.84 Å². The molecule has 0 aliphatic carbocycles. The first-order chi connectivity index (χ1) is 10.9. The Morgan fingerprint density at radius 2 is 2.00 bits per heavy atom. The van der Waals surface area contributed by atoms with E-state index >= 15 is 0 Å². The minimum atomic E-state index is -3.41. The second-order valence-electron chi connectivity index (χ2n) is 6.20. The zero-order chi connectivity index (χ0) is 16.6. The van der Waals surface area contributed by atoms with Gasteiger partial charge in [0.1, 0.15) is 5.82 Å². The van der Waals surface area contributed by atoms with E-state index in [2.05, 4.69) is 0 Å². The molecule has 0 bridgehead atoms. The number of benzene rings is 2. The van der Waals surface area contributed by atoms with Crippen molar-refractivity contribution in [3.05, 3.63) is 59.4 Å². The van der Waals surface area contributed by atoms with E-state index in [-0.39, 0.29) is 22.5 Å². The van der Waals surface area contributed by atoms with Crippen LogP contribution in [-0.4, -0.2) is 14.2 Å². The van der Waals surface area contributed by atoms with Gasteiger partial charge in [-0.25, -0.2) is 12.8 Å². The summed E-state index contributed by atoms with van der Waals surface area (Å²) in [7, 11) is -3.41. The van der Waals surface area contributed by atoms with E-state index in [1.807, 2.05) is 25.1 Å². The van der Waals surface area contributed by atoms with Gasteiger partial charge in [0.2, 0.25) is 0 Å². The van der Waals surface area contributed by atoms with Crippen LogP contribution in [0, 0.1) is 11.7 Å². The molecule has 2 atom stereocenters. The molecule has 2 aromatic rings. The van der Waals surface area contributed by atoms with Crippen molar-refractivity contribution in [1.29, 1.82) is 0 Å². The van der Waals surface area contributed by atoms with Crippen molar-refractivity contribution in [2.45, 2.75) is 30.6 Å². The number of rotatable bonds is 2. The van der Waals surface area contributed by atoms with Crippen molar-refractivity contribution in [3.8, 4) is 0 Å². The van der Waals surface area contributed by atoms with E-state index in [9.17, 15) is 12.8 Å². The first kappa shape index (κ1) is 16.0. The predicted octanol–water partition coefficient (Wildman–Crippen LogP) is 3.74. The van der Waals surface area contributed by atoms with Crippen LogP contribution in [0.15, 0.2) is 47.4 Å². The van der Waals surface area contributed by atoms with E-state index in [0.29, 0.717) is 17.7 Å². The summed E-state index contributed by atoms with van der Waals surface area (Å²) in [6, 6.07) is 11.4. The number of halogens is 1. The highest BCUT2D eigenvalue weighted by molar-refractivity contribution is 7.91. The van der Waals surface area contributed by atoms with E-state index < -0.39 is 15.7 Å². The molecule has 122 valence electrons. The van der Waals surface area contributed by atoms with Crippen LogP contribution in [0.5, 0.6) is 0 Å². The molecule has 3 rings (SSSR count). The van der Waals surface area contributed by atoms with Crippen molar-refractivity contribution in [1.82, 2.24) is 0 Å². The minimum Gasteiger partial charge on any atom is -0.399 e. The Kier molecular flexibility index (Phi) is 4.15. The molecule has 0 spiro atoms. The average Bonchev–Trinajstić information content (AvgIpc) is 2.61.